The van der Waals surface area contributed by atoms with Crippen LogP contribution in [-0.2, 0) is 5.41 Å². The van der Waals surface area contributed by atoms with Gasteiger partial charge in [-0.3, -0.25) is 0 Å². The van der Waals surface area contributed by atoms with E-state index in [1.807, 2.05) is 6.07 Å². The fourth-order valence-corrected chi connectivity index (χ4v) is 12.5. The fourth-order valence-electron chi connectivity index (χ4n) is 12.5. The highest BCUT2D eigenvalue weighted by Crippen LogP contribution is 2.54. The van der Waals surface area contributed by atoms with Crippen molar-refractivity contribution in [3.8, 4) is 22.3 Å². The predicted molar refractivity (Wildman–Crippen MR) is 314 cm³/mol. The maximum absolute atomic E-state index is 6.29. The Kier molecular flexibility index (Phi) is 9.31. The van der Waals surface area contributed by atoms with Crippen LogP contribution in [-0.4, -0.2) is 0 Å². The van der Waals surface area contributed by atoms with Crippen molar-refractivity contribution in [2.24, 2.45) is 0 Å². The number of rotatable bonds is 7. The van der Waals surface area contributed by atoms with Crippen molar-refractivity contribution in [2.45, 2.75) is 19.3 Å². The van der Waals surface area contributed by atoms with Crippen LogP contribution in [0.1, 0.15) is 25.0 Å². The summed E-state index contributed by atoms with van der Waals surface area (Å²) in [6.07, 6.45) is 0. The molecule has 0 fully saturated rings. The smallest absolute Gasteiger partial charge is 0.135 e. The maximum Gasteiger partial charge on any atom is 0.135 e. The molecule has 0 saturated carbocycles. The summed E-state index contributed by atoms with van der Waals surface area (Å²) in [5, 5.41) is 14.6. The summed E-state index contributed by atoms with van der Waals surface area (Å²) in [4.78, 5) is 4.93. The molecule has 1 heterocycles. The van der Waals surface area contributed by atoms with E-state index >= 15 is 0 Å². The van der Waals surface area contributed by atoms with Crippen LogP contribution in [0, 0.1) is 0 Å². The third kappa shape index (κ3) is 6.39. The molecule has 1 aliphatic rings. The van der Waals surface area contributed by atoms with E-state index in [9.17, 15) is 0 Å². The largest absolute Gasteiger partial charge is 0.456 e. The Hall–Kier alpha value is -9.44. The van der Waals surface area contributed by atoms with Crippen LogP contribution in [0.3, 0.4) is 0 Å². The maximum atomic E-state index is 6.29. The molecular formula is C71H48N2O. The van der Waals surface area contributed by atoms with Crippen LogP contribution in [0.5, 0.6) is 0 Å². The van der Waals surface area contributed by atoms with E-state index in [0.29, 0.717) is 0 Å². The van der Waals surface area contributed by atoms with E-state index in [1.54, 1.807) is 0 Å². The first-order valence-electron chi connectivity index (χ1n) is 25.7. The first-order valence-corrected chi connectivity index (χ1v) is 25.7. The third-order valence-electron chi connectivity index (χ3n) is 16.0. The van der Waals surface area contributed by atoms with Crippen LogP contribution in [0.15, 0.2) is 259 Å². The highest BCUT2D eigenvalue weighted by atomic mass is 16.3. The minimum atomic E-state index is -0.316. The number of fused-ring (bicyclic) bond motifs is 14. The lowest BCUT2D eigenvalue weighted by Crippen LogP contribution is -2.18. The standard InChI is InChI=1S/C71H48N2O/c1-71(2)65-43-49(72(47-19-4-3-5-20-47)67-29-16-18-45-17-6-7-21-52(45)67)33-36-59(65)60-37-34-50(44-66(60)71)73(48-32-35-58-56-25-9-8-23-54(56)55-24-10-11-26-57(55)63(58)42-48)68-39-38-51(53-22-12-13-27-61(53)68)46-31-40-70-64(41-46)62-28-14-15-30-69(62)74-70/h3-44H,1-2H3. The minimum absolute atomic E-state index is 0.316. The summed E-state index contributed by atoms with van der Waals surface area (Å²) >= 11 is 0. The van der Waals surface area contributed by atoms with Gasteiger partial charge in [0.2, 0.25) is 0 Å². The average molecular weight is 945 g/mol. The molecule has 3 heteroatoms. The van der Waals surface area contributed by atoms with Gasteiger partial charge in [-0.1, -0.05) is 190 Å². The van der Waals surface area contributed by atoms with Crippen LogP contribution >= 0.6 is 0 Å². The van der Waals surface area contributed by atoms with Gasteiger partial charge >= 0.3 is 0 Å². The Morgan fingerprint density at radius 1 is 0.284 bits per heavy atom. The van der Waals surface area contributed by atoms with Gasteiger partial charge in [-0.25, -0.2) is 0 Å². The molecule has 74 heavy (non-hydrogen) atoms. The van der Waals surface area contributed by atoms with Gasteiger partial charge in [0.05, 0.1) is 11.4 Å². The number of para-hydroxylation sites is 2. The summed E-state index contributed by atoms with van der Waals surface area (Å²) in [7, 11) is 0. The van der Waals surface area contributed by atoms with Crippen LogP contribution in [0.25, 0.3) is 98.1 Å². The number of anilines is 6. The predicted octanol–water partition coefficient (Wildman–Crippen LogP) is 20.3. The summed E-state index contributed by atoms with van der Waals surface area (Å²) in [5.41, 5.74) is 15.8. The van der Waals surface area contributed by atoms with Gasteiger partial charge in [-0.05, 0) is 155 Å². The Morgan fingerprint density at radius 2 is 0.770 bits per heavy atom. The summed E-state index contributed by atoms with van der Waals surface area (Å²) in [6, 6.07) is 93.7. The molecule has 13 aromatic carbocycles. The van der Waals surface area contributed by atoms with E-state index in [-0.39, 0.29) is 5.41 Å². The average Bonchev–Trinajstić information content (AvgIpc) is 3.94. The number of furan rings is 1. The third-order valence-corrected chi connectivity index (χ3v) is 16.0. The molecule has 0 saturated heterocycles. The molecule has 1 aromatic heterocycles. The first-order chi connectivity index (χ1) is 36.5. The zero-order chi connectivity index (χ0) is 49.1. The van der Waals surface area contributed by atoms with Gasteiger partial charge < -0.3 is 14.2 Å². The van der Waals surface area contributed by atoms with Crippen LogP contribution in [0.2, 0.25) is 0 Å². The normalized spacial score (nSPS) is 12.8. The molecule has 0 bridgehead atoms. The number of nitrogens with zero attached hydrogens (tertiary/aromatic N) is 2. The second kappa shape index (κ2) is 16.3. The highest BCUT2D eigenvalue weighted by molar-refractivity contribution is 6.26. The molecule has 0 aliphatic heterocycles. The van der Waals surface area contributed by atoms with Gasteiger partial charge in [0, 0.05) is 49.7 Å². The van der Waals surface area contributed by atoms with E-state index in [2.05, 4.69) is 272 Å². The molecule has 14 aromatic rings. The molecule has 0 N–H and O–H groups in total. The zero-order valence-corrected chi connectivity index (χ0v) is 41.1. The Morgan fingerprint density at radius 3 is 1.47 bits per heavy atom. The highest BCUT2D eigenvalue weighted by Gasteiger charge is 2.37. The van der Waals surface area contributed by atoms with Crippen molar-refractivity contribution in [3.63, 3.8) is 0 Å². The van der Waals surface area contributed by atoms with Crippen LogP contribution in [0.4, 0.5) is 34.1 Å². The SMILES string of the molecule is CC1(C)c2cc(N(c3ccccc3)c3cccc4ccccc34)ccc2-c2ccc(N(c3ccc4c5ccccc5c5ccccc5c4c3)c3ccc(-c4ccc5oc6ccccc6c5c4)c4ccccc34)cc21. The lowest BCUT2D eigenvalue weighted by atomic mass is 9.82. The molecule has 1 aliphatic carbocycles. The van der Waals surface area contributed by atoms with E-state index in [1.165, 1.54) is 81.7 Å². The molecule has 15 rings (SSSR count). The number of hydrogen-bond acceptors (Lipinski definition) is 3. The van der Waals surface area contributed by atoms with Crippen molar-refractivity contribution < 1.29 is 4.42 Å². The minimum Gasteiger partial charge on any atom is -0.456 e. The van der Waals surface area contributed by atoms with Crippen molar-refractivity contribution >= 4 is 110 Å². The molecule has 0 amide bonds. The van der Waals surface area contributed by atoms with Crippen molar-refractivity contribution in [1.29, 1.82) is 0 Å². The summed E-state index contributed by atoms with van der Waals surface area (Å²) < 4.78 is 6.29. The molecule has 0 unspecified atom stereocenters. The van der Waals surface area contributed by atoms with Crippen molar-refractivity contribution in [2.75, 3.05) is 9.80 Å². The molecular weight excluding hydrogens is 897 g/mol. The second-order valence-corrected chi connectivity index (χ2v) is 20.4. The van der Waals surface area contributed by atoms with E-state index in [0.717, 1.165) is 61.6 Å². The Bertz CT molecular complexity index is 4560. The van der Waals surface area contributed by atoms with Crippen LogP contribution < -0.4 is 9.80 Å². The topological polar surface area (TPSA) is 19.6 Å². The Labute approximate surface area is 429 Å². The number of hydrogen-bond donors (Lipinski definition) is 0. The molecule has 3 nitrogen and oxygen atoms in total. The van der Waals surface area contributed by atoms with Gasteiger partial charge in [0.25, 0.3) is 0 Å². The first kappa shape index (κ1) is 42.3. The number of benzene rings is 13. The zero-order valence-electron chi connectivity index (χ0n) is 41.1. The monoisotopic (exact) mass is 944 g/mol. The quantitative estimate of drug-likeness (QED) is 0.148. The second-order valence-electron chi connectivity index (χ2n) is 20.4. The van der Waals surface area contributed by atoms with Crippen molar-refractivity contribution in [1.82, 2.24) is 0 Å². The fraction of sp³-hybridized carbons (Fsp3) is 0.0423. The molecule has 348 valence electrons. The van der Waals surface area contributed by atoms with Gasteiger partial charge in [0.1, 0.15) is 11.2 Å². The van der Waals surface area contributed by atoms with E-state index in [4.69, 9.17) is 4.42 Å². The molecule has 0 radical (unpaired) electrons. The Balaban J connectivity index is 0.920. The van der Waals surface area contributed by atoms with Gasteiger partial charge in [0.15, 0.2) is 0 Å². The van der Waals surface area contributed by atoms with Crippen molar-refractivity contribution in [3.05, 3.63) is 266 Å². The van der Waals surface area contributed by atoms with E-state index < -0.39 is 0 Å². The summed E-state index contributed by atoms with van der Waals surface area (Å²) in [6.45, 7) is 4.80. The molecule has 0 spiro atoms. The summed E-state index contributed by atoms with van der Waals surface area (Å²) in [5.74, 6) is 0. The van der Waals surface area contributed by atoms with Gasteiger partial charge in [-0.2, -0.15) is 0 Å². The molecule has 0 atom stereocenters. The van der Waals surface area contributed by atoms with Gasteiger partial charge in [-0.15, -0.1) is 0 Å². The lowest BCUT2D eigenvalue weighted by molar-refractivity contribution is 0.660. The lowest BCUT2D eigenvalue weighted by Gasteiger charge is -2.30.